The summed E-state index contributed by atoms with van der Waals surface area (Å²) in [5.41, 5.74) is 11.3. The normalized spacial score (nSPS) is 12.8. The maximum atomic E-state index is 10.1. The summed E-state index contributed by atoms with van der Waals surface area (Å²) < 4.78 is 0. The zero-order chi connectivity index (χ0) is 9.56. The smallest absolute Gasteiger partial charge is 0.410 e. The van der Waals surface area contributed by atoms with Crippen LogP contribution in [-0.4, -0.2) is 11.2 Å². The van der Waals surface area contributed by atoms with E-state index in [4.69, 9.17) is 16.6 Å². The lowest BCUT2D eigenvalue weighted by atomic mass is 10.2. The lowest BCUT2D eigenvalue weighted by molar-refractivity contribution is 0.197. The Labute approximate surface area is 70.7 Å². The molecule has 0 aliphatic carbocycles. The lowest BCUT2D eigenvalue weighted by Crippen LogP contribution is -2.25. The van der Waals surface area contributed by atoms with Crippen LogP contribution in [0.4, 0.5) is 4.79 Å². The van der Waals surface area contributed by atoms with E-state index in [0.29, 0.717) is 6.42 Å². The highest BCUT2D eigenvalue weighted by molar-refractivity contribution is 5.66. The van der Waals surface area contributed by atoms with Crippen molar-refractivity contribution in [3.8, 4) is 0 Å². The van der Waals surface area contributed by atoms with Gasteiger partial charge in [0.1, 0.15) is 5.82 Å². The van der Waals surface area contributed by atoms with E-state index in [0.717, 1.165) is 5.57 Å². The molecule has 0 heterocycles. The second-order valence-corrected chi connectivity index (χ2v) is 2.12. The zero-order valence-corrected chi connectivity index (χ0v) is 6.87. The molecule has 0 aromatic rings. The molecule has 0 aromatic heterocycles. The van der Waals surface area contributed by atoms with Gasteiger partial charge in [-0.3, -0.25) is 5.32 Å². The lowest BCUT2D eigenvalue weighted by Gasteiger charge is -2.00. The Bertz CT molecular complexity index is 221. The van der Waals surface area contributed by atoms with Crippen LogP contribution in [-0.2, 0) is 0 Å². The first kappa shape index (κ1) is 10.3. The third-order valence-corrected chi connectivity index (χ3v) is 1.21. The molecule has 0 rings (SSSR count). The number of nitrogens with one attached hydrogen (secondary N) is 1. The van der Waals surface area contributed by atoms with Crippen molar-refractivity contribution in [2.75, 3.05) is 0 Å². The molecule has 0 fully saturated rings. The van der Waals surface area contributed by atoms with Gasteiger partial charge < -0.3 is 16.6 Å². The minimum atomic E-state index is -1.18. The van der Waals surface area contributed by atoms with Crippen LogP contribution in [0.25, 0.3) is 0 Å². The van der Waals surface area contributed by atoms with Gasteiger partial charge >= 0.3 is 6.09 Å². The predicted molar refractivity (Wildman–Crippen MR) is 46.0 cm³/mol. The van der Waals surface area contributed by atoms with Crippen LogP contribution in [0.15, 0.2) is 23.7 Å². The maximum Gasteiger partial charge on any atom is 0.410 e. The molecule has 0 aromatic carbocycles. The number of nitrogens with two attached hydrogens (primary N) is 2. The van der Waals surface area contributed by atoms with E-state index in [-0.39, 0.29) is 5.82 Å². The van der Waals surface area contributed by atoms with Crippen molar-refractivity contribution in [3.63, 3.8) is 0 Å². The molecule has 6 N–H and O–H groups in total. The van der Waals surface area contributed by atoms with Gasteiger partial charge in [-0.25, -0.2) is 4.79 Å². The van der Waals surface area contributed by atoms with E-state index in [9.17, 15) is 4.79 Å². The molecule has 0 aliphatic rings. The van der Waals surface area contributed by atoms with Crippen molar-refractivity contribution in [1.29, 1.82) is 0 Å². The van der Waals surface area contributed by atoms with E-state index in [1.54, 1.807) is 0 Å². The fourth-order valence-corrected chi connectivity index (χ4v) is 0.627. The van der Waals surface area contributed by atoms with Gasteiger partial charge in [0, 0.05) is 0 Å². The summed E-state index contributed by atoms with van der Waals surface area (Å²) in [4.78, 5) is 10.1. The molecule has 12 heavy (non-hydrogen) atoms. The molecule has 5 heteroatoms. The fourth-order valence-electron chi connectivity index (χ4n) is 0.627. The topological polar surface area (TPSA) is 101 Å². The van der Waals surface area contributed by atoms with Crippen LogP contribution in [0.3, 0.4) is 0 Å². The standard InChI is InChI=1S/C7H13N3O2/c1-2-5(4-8)3-6(9)10-7(11)12/h3-4,10H,2,8-9H2,1H3,(H,11,12)/b5-4-,6-3+. The van der Waals surface area contributed by atoms with Gasteiger partial charge in [0.2, 0.25) is 0 Å². The quantitative estimate of drug-likeness (QED) is 0.459. The van der Waals surface area contributed by atoms with Crippen molar-refractivity contribution >= 4 is 6.09 Å². The predicted octanol–water partition coefficient (Wildman–Crippen LogP) is 0.307. The minimum Gasteiger partial charge on any atom is -0.465 e. The monoisotopic (exact) mass is 171 g/mol. The number of hydrogen-bond donors (Lipinski definition) is 4. The molecule has 0 unspecified atom stereocenters. The average molecular weight is 171 g/mol. The summed E-state index contributed by atoms with van der Waals surface area (Å²) in [6, 6.07) is 0. The van der Waals surface area contributed by atoms with Gasteiger partial charge in [-0.05, 0) is 24.3 Å². The summed E-state index contributed by atoms with van der Waals surface area (Å²) in [7, 11) is 0. The van der Waals surface area contributed by atoms with Gasteiger partial charge in [-0.2, -0.15) is 0 Å². The number of allylic oxidation sites excluding steroid dienone is 2. The summed E-state index contributed by atoms with van der Waals surface area (Å²) in [6.07, 6.45) is 2.39. The number of hydrogen-bond acceptors (Lipinski definition) is 3. The minimum absolute atomic E-state index is 0.0704. The van der Waals surface area contributed by atoms with Crippen LogP contribution < -0.4 is 16.8 Å². The first-order chi connectivity index (χ1) is 5.60. The molecule has 0 bridgehead atoms. The average Bonchev–Trinajstić information content (AvgIpc) is 1.98. The van der Waals surface area contributed by atoms with Gasteiger partial charge in [0.25, 0.3) is 0 Å². The Hall–Kier alpha value is -1.65. The maximum absolute atomic E-state index is 10.1. The molecular formula is C7H13N3O2. The summed E-state index contributed by atoms with van der Waals surface area (Å²) in [6.45, 7) is 1.89. The molecule has 0 saturated heterocycles. The van der Waals surface area contributed by atoms with E-state index in [1.807, 2.05) is 12.2 Å². The molecule has 0 saturated carbocycles. The molecule has 0 spiro atoms. The summed E-state index contributed by atoms with van der Waals surface area (Å²) >= 11 is 0. The largest absolute Gasteiger partial charge is 0.465 e. The van der Waals surface area contributed by atoms with Crippen molar-refractivity contribution < 1.29 is 9.90 Å². The molecular weight excluding hydrogens is 158 g/mol. The highest BCUT2D eigenvalue weighted by atomic mass is 16.4. The number of amides is 1. The van der Waals surface area contributed by atoms with E-state index < -0.39 is 6.09 Å². The summed E-state index contributed by atoms with van der Waals surface area (Å²) in [5, 5.41) is 10.3. The van der Waals surface area contributed by atoms with E-state index >= 15 is 0 Å². The van der Waals surface area contributed by atoms with Crippen molar-refractivity contribution in [3.05, 3.63) is 23.7 Å². The highest BCUT2D eigenvalue weighted by Gasteiger charge is 1.96. The third kappa shape index (κ3) is 4.21. The second-order valence-electron chi connectivity index (χ2n) is 2.12. The molecule has 1 amide bonds. The SMILES string of the molecule is CCC(=C/N)/C=C(\N)NC(=O)O. The van der Waals surface area contributed by atoms with Crippen molar-refractivity contribution in [2.24, 2.45) is 11.5 Å². The molecule has 68 valence electrons. The van der Waals surface area contributed by atoms with Gasteiger partial charge in [0.15, 0.2) is 0 Å². The Morgan fingerprint density at radius 2 is 2.25 bits per heavy atom. The van der Waals surface area contributed by atoms with Crippen molar-refractivity contribution in [2.45, 2.75) is 13.3 Å². The van der Waals surface area contributed by atoms with Crippen LogP contribution in [0.2, 0.25) is 0 Å². The molecule has 0 aliphatic heterocycles. The second kappa shape index (κ2) is 5.06. The Morgan fingerprint density at radius 1 is 1.67 bits per heavy atom. The first-order valence-corrected chi connectivity index (χ1v) is 3.48. The third-order valence-electron chi connectivity index (χ3n) is 1.21. The van der Waals surface area contributed by atoms with Crippen molar-refractivity contribution in [1.82, 2.24) is 5.32 Å². The van der Waals surface area contributed by atoms with Crippen LogP contribution >= 0.6 is 0 Å². The van der Waals surface area contributed by atoms with E-state index in [1.165, 1.54) is 12.3 Å². The highest BCUT2D eigenvalue weighted by Crippen LogP contribution is 2.00. The Morgan fingerprint density at radius 3 is 2.58 bits per heavy atom. The molecule has 5 nitrogen and oxygen atoms in total. The van der Waals surface area contributed by atoms with Gasteiger partial charge in [-0.15, -0.1) is 0 Å². The zero-order valence-electron chi connectivity index (χ0n) is 6.87. The molecule has 0 radical (unpaired) electrons. The molecule has 0 atom stereocenters. The summed E-state index contributed by atoms with van der Waals surface area (Å²) in [5.74, 6) is 0.0704. The number of carbonyl (C=O) groups is 1. The Balaban J connectivity index is 4.23. The number of rotatable bonds is 3. The van der Waals surface area contributed by atoms with Gasteiger partial charge in [-0.1, -0.05) is 6.92 Å². The van der Waals surface area contributed by atoms with Crippen LogP contribution in [0.5, 0.6) is 0 Å². The van der Waals surface area contributed by atoms with Crippen LogP contribution in [0, 0.1) is 0 Å². The first-order valence-electron chi connectivity index (χ1n) is 3.48. The van der Waals surface area contributed by atoms with Gasteiger partial charge in [0.05, 0.1) is 0 Å². The number of carboxylic acid groups (broad SMARTS) is 1. The van der Waals surface area contributed by atoms with E-state index in [2.05, 4.69) is 0 Å². The van der Waals surface area contributed by atoms with Crippen LogP contribution in [0.1, 0.15) is 13.3 Å². The Kier molecular flexibility index (Phi) is 4.36. The fraction of sp³-hybridized carbons (Fsp3) is 0.286.